The largest absolute Gasteiger partial charge is 0.354 e. The first-order valence-electron chi connectivity index (χ1n) is 4.69. The number of benzene rings is 1. The third-order valence-corrected chi connectivity index (χ3v) is 3.54. The number of rotatable bonds is 3. The molecule has 0 bridgehead atoms. The highest BCUT2D eigenvalue weighted by Crippen LogP contribution is 2.22. The molecule has 1 rings (SSSR count). The first-order valence-corrected chi connectivity index (χ1v) is 6.53. The second-order valence-corrected chi connectivity index (χ2v) is 5.63. The van der Waals surface area contributed by atoms with Crippen LogP contribution >= 0.6 is 0 Å². The van der Waals surface area contributed by atoms with Gasteiger partial charge in [-0.05, 0) is 18.6 Å². The van der Waals surface area contributed by atoms with E-state index in [1.165, 1.54) is 10.6 Å². The Bertz CT molecular complexity index is 454. The quantitative estimate of drug-likeness (QED) is 0.801. The maximum absolute atomic E-state index is 11.4. The first-order chi connectivity index (χ1) is 6.86. The second kappa shape index (κ2) is 4.20. The molecule has 0 aliphatic carbocycles. The molecule has 0 unspecified atom stereocenters. The van der Waals surface area contributed by atoms with Gasteiger partial charge in [-0.25, -0.2) is 8.42 Å². The minimum Gasteiger partial charge on any atom is -0.354 e. The van der Waals surface area contributed by atoms with Crippen molar-refractivity contribution in [3.63, 3.8) is 0 Å². The van der Waals surface area contributed by atoms with E-state index in [-0.39, 0.29) is 0 Å². The van der Waals surface area contributed by atoms with E-state index in [0.29, 0.717) is 12.2 Å². The lowest BCUT2D eigenvalue weighted by molar-refractivity contribution is -0.386. The third kappa shape index (κ3) is 2.70. The van der Waals surface area contributed by atoms with Gasteiger partial charge in [0.2, 0.25) is 10.0 Å². The van der Waals surface area contributed by atoms with Crippen molar-refractivity contribution in [1.29, 1.82) is 0 Å². The Morgan fingerprint density at radius 3 is 2.47 bits per heavy atom. The number of nitrogens with zero attached hydrogens (tertiary/aromatic N) is 1. The summed E-state index contributed by atoms with van der Waals surface area (Å²) in [6.07, 6.45) is 1.20. The number of aryl methyl sites for hydroxylation is 1. The van der Waals surface area contributed by atoms with E-state index < -0.39 is 10.0 Å². The molecule has 0 aromatic heterocycles. The van der Waals surface area contributed by atoms with Crippen molar-refractivity contribution in [2.45, 2.75) is 13.5 Å². The summed E-state index contributed by atoms with van der Waals surface area (Å²) in [6, 6.07) is 5.74. The van der Waals surface area contributed by atoms with E-state index >= 15 is 0 Å². The lowest BCUT2D eigenvalue weighted by Crippen LogP contribution is -2.48. The average molecular weight is 229 g/mol. The predicted molar refractivity (Wildman–Crippen MR) is 61.0 cm³/mol. The summed E-state index contributed by atoms with van der Waals surface area (Å²) in [7, 11) is -1.64. The van der Waals surface area contributed by atoms with Crippen molar-refractivity contribution in [1.82, 2.24) is 0 Å². The van der Waals surface area contributed by atoms with Gasteiger partial charge < -0.3 is 5.73 Å². The van der Waals surface area contributed by atoms with Gasteiger partial charge in [-0.1, -0.05) is 12.1 Å². The molecule has 1 aromatic rings. The molecule has 0 radical (unpaired) electrons. The van der Waals surface area contributed by atoms with Gasteiger partial charge in [-0.15, -0.1) is 0 Å². The van der Waals surface area contributed by atoms with Gasteiger partial charge in [0, 0.05) is 12.6 Å². The summed E-state index contributed by atoms with van der Waals surface area (Å²) in [5.74, 6) is 0. The fraction of sp³-hybridized carbons (Fsp3) is 0.400. The summed E-state index contributed by atoms with van der Waals surface area (Å²) in [4.78, 5) is 0. The van der Waals surface area contributed by atoms with Crippen LogP contribution in [-0.2, 0) is 16.6 Å². The molecule has 0 amide bonds. The van der Waals surface area contributed by atoms with Crippen LogP contribution < -0.4 is 10.0 Å². The number of quaternary nitrogens is 1. The van der Waals surface area contributed by atoms with E-state index in [1.807, 2.05) is 25.1 Å². The Morgan fingerprint density at radius 1 is 1.40 bits per heavy atom. The van der Waals surface area contributed by atoms with Crippen molar-refractivity contribution in [3.05, 3.63) is 29.3 Å². The van der Waals surface area contributed by atoms with Crippen LogP contribution in [0.3, 0.4) is 0 Å². The molecule has 0 fully saturated rings. The summed E-state index contributed by atoms with van der Waals surface area (Å²) in [5.41, 5.74) is 6.48. The molecule has 15 heavy (non-hydrogen) atoms. The zero-order chi connectivity index (χ0) is 11.6. The fourth-order valence-electron chi connectivity index (χ4n) is 1.36. The summed E-state index contributed by atoms with van der Waals surface area (Å²) in [5, 5.41) is 0. The number of hydrogen-bond acceptors (Lipinski definition) is 2. The smallest absolute Gasteiger partial charge is 0.232 e. The Labute approximate surface area is 90.8 Å². The van der Waals surface area contributed by atoms with Crippen LogP contribution in [0.2, 0.25) is 0 Å². The molecule has 0 saturated heterocycles. The third-order valence-electron chi connectivity index (χ3n) is 2.35. The summed E-state index contributed by atoms with van der Waals surface area (Å²) < 4.78 is 24.1. The Balaban J connectivity index is 3.29. The maximum atomic E-state index is 11.4. The minimum absolute atomic E-state index is 0.579. The number of hydrogen-bond donors (Lipinski definition) is 1. The predicted octanol–water partition coefficient (Wildman–Crippen LogP) is 0.133. The van der Waals surface area contributed by atoms with Crippen molar-refractivity contribution in [2.75, 3.05) is 17.6 Å². The standard InChI is InChI=1S/C10H16N2O2S/c1-8-4-5-9(7-11)10(6-8)12(2)15(3,13)14/h4-6H,7,11H2,1-3H3/p+1. The van der Waals surface area contributed by atoms with Gasteiger partial charge in [-0.2, -0.15) is 0 Å². The van der Waals surface area contributed by atoms with Gasteiger partial charge in [0.25, 0.3) is 0 Å². The number of anilines is 1. The minimum atomic E-state index is -3.20. The molecule has 1 aromatic carbocycles. The van der Waals surface area contributed by atoms with E-state index in [0.717, 1.165) is 11.1 Å². The van der Waals surface area contributed by atoms with Crippen LogP contribution in [0.5, 0.6) is 0 Å². The van der Waals surface area contributed by atoms with Crippen LogP contribution in [0.4, 0.5) is 5.69 Å². The van der Waals surface area contributed by atoms with Crippen LogP contribution in [0, 0.1) is 6.92 Å². The van der Waals surface area contributed by atoms with Crippen molar-refractivity contribution in [2.24, 2.45) is 0 Å². The Kier molecular flexibility index (Phi) is 3.36. The van der Waals surface area contributed by atoms with Crippen LogP contribution in [-0.4, -0.2) is 21.7 Å². The molecule has 0 aliphatic rings. The average Bonchev–Trinajstić information content (AvgIpc) is 2.15. The molecular formula is C10H17N2O2S+. The fourth-order valence-corrected chi connectivity index (χ4v) is 1.88. The lowest BCUT2D eigenvalue weighted by atomic mass is 10.1. The normalized spacial score (nSPS) is 11.5. The van der Waals surface area contributed by atoms with Gasteiger partial charge in [-0.3, -0.25) is 4.31 Å². The van der Waals surface area contributed by atoms with Gasteiger partial charge in [0.05, 0.1) is 11.9 Å². The number of sulfonamides is 1. The molecule has 3 N–H and O–H groups in total. The summed E-state index contributed by atoms with van der Waals surface area (Å²) in [6.45, 7) is 2.52. The highest BCUT2D eigenvalue weighted by atomic mass is 32.2. The first kappa shape index (κ1) is 12.0. The van der Waals surface area contributed by atoms with Crippen LogP contribution in [0.1, 0.15) is 11.1 Å². The molecule has 0 aliphatic heterocycles. The highest BCUT2D eigenvalue weighted by Gasteiger charge is 2.15. The molecule has 0 atom stereocenters. The van der Waals surface area contributed by atoms with Crippen LogP contribution in [0.15, 0.2) is 18.2 Å². The van der Waals surface area contributed by atoms with Crippen LogP contribution in [0.25, 0.3) is 0 Å². The highest BCUT2D eigenvalue weighted by molar-refractivity contribution is 7.92. The zero-order valence-corrected chi connectivity index (χ0v) is 10.1. The maximum Gasteiger partial charge on any atom is 0.232 e. The summed E-state index contributed by atoms with van der Waals surface area (Å²) >= 11 is 0. The second-order valence-electron chi connectivity index (χ2n) is 3.61. The van der Waals surface area contributed by atoms with Gasteiger partial charge >= 0.3 is 0 Å². The topological polar surface area (TPSA) is 65.0 Å². The lowest BCUT2D eigenvalue weighted by Gasteiger charge is -2.19. The SMILES string of the molecule is Cc1ccc(C[NH3+])c(N(C)S(C)(=O)=O)c1. The van der Waals surface area contributed by atoms with E-state index in [2.05, 4.69) is 5.73 Å². The Hall–Kier alpha value is -1.07. The van der Waals surface area contributed by atoms with E-state index in [4.69, 9.17) is 0 Å². The Morgan fingerprint density at radius 2 is 2.00 bits per heavy atom. The molecule has 4 nitrogen and oxygen atoms in total. The molecule has 0 heterocycles. The van der Waals surface area contributed by atoms with Crippen molar-refractivity contribution < 1.29 is 14.2 Å². The van der Waals surface area contributed by atoms with Gasteiger partial charge in [0.15, 0.2) is 0 Å². The molecule has 0 saturated carbocycles. The van der Waals surface area contributed by atoms with Crippen molar-refractivity contribution >= 4 is 15.7 Å². The van der Waals surface area contributed by atoms with E-state index in [1.54, 1.807) is 7.05 Å². The molecular weight excluding hydrogens is 212 g/mol. The van der Waals surface area contributed by atoms with Gasteiger partial charge in [0.1, 0.15) is 6.54 Å². The van der Waals surface area contributed by atoms with Crippen molar-refractivity contribution in [3.8, 4) is 0 Å². The van der Waals surface area contributed by atoms with E-state index in [9.17, 15) is 8.42 Å². The molecule has 0 spiro atoms. The monoisotopic (exact) mass is 229 g/mol. The molecule has 84 valence electrons. The molecule has 5 heteroatoms. The zero-order valence-electron chi connectivity index (χ0n) is 9.32.